The zero-order chi connectivity index (χ0) is 18.8. The summed E-state index contributed by atoms with van der Waals surface area (Å²) < 4.78 is 6.43. The number of rotatable bonds is 5. The lowest BCUT2D eigenvalue weighted by Gasteiger charge is -2.33. The maximum atomic E-state index is 11.8. The molecule has 1 aliphatic heterocycles. The molecule has 3 rings (SSSR count). The van der Waals surface area contributed by atoms with Crippen molar-refractivity contribution in [2.24, 2.45) is 0 Å². The smallest absolute Gasteiger partial charge is 0.320 e. The van der Waals surface area contributed by atoms with E-state index in [1.165, 1.54) is 0 Å². The number of ether oxygens (including phenoxy) is 1. The van der Waals surface area contributed by atoms with Crippen molar-refractivity contribution in [1.82, 2.24) is 4.90 Å². The summed E-state index contributed by atoms with van der Waals surface area (Å²) in [7, 11) is 1.60. The summed E-state index contributed by atoms with van der Waals surface area (Å²) in [5, 5.41) is 10.6. The van der Waals surface area contributed by atoms with Crippen LogP contribution in [-0.2, 0) is 4.79 Å². The van der Waals surface area contributed by atoms with E-state index in [1.54, 1.807) is 13.2 Å². The second kappa shape index (κ2) is 8.17. The first-order chi connectivity index (χ1) is 12.4. The molecule has 2 aromatic rings. The Kier molecular flexibility index (Phi) is 6.13. The standard InChI is InChI=1S/C19H18BrCl2NO3/c1-26-16-8-7-11(20)10-13(16)18(12-4-2-5-14(21)17(12)22)23-9-3-6-15(23)19(24)25/h2,4-5,7-8,10,15,18H,3,6,9H2,1H3,(H,24,25). The third-order valence-electron chi connectivity index (χ3n) is 4.67. The van der Waals surface area contributed by atoms with Crippen LogP contribution >= 0.6 is 39.1 Å². The molecule has 138 valence electrons. The van der Waals surface area contributed by atoms with E-state index in [1.807, 2.05) is 35.2 Å². The van der Waals surface area contributed by atoms with Crippen LogP contribution in [0.4, 0.5) is 0 Å². The van der Waals surface area contributed by atoms with E-state index in [4.69, 9.17) is 27.9 Å². The van der Waals surface area contributed by atoms with Gasteiger partial charge in [0.1, 0.15) is 11.8 Å². The maximum absolute atomic E-state index is 11.8. The van der Waals surface area contributed by atoms with Crippen LogP contribution in [0.2, 0.25) is 10.0 Å². The Balaban J connectivity index is 2.22. The predicted octanol–water partition coefficient (Wildman–Crippen LogP) is 5.40. The number of hydrogen-bond donors (Lipinski definition) is 1. The number of benzene rings is 2. The van der Waals surface area contributed by atoms with E-state index in [9.17, 15) is 9.90 Å². The van der Waals surface area contributed by atoms with Crippen molar-refractivity contribution in [2.45, 2.75) is 24.9 Å². The number of carboxylic acid groups (broad SMARTS) is 1. The molecule has 1 fully saturated rings. The molecule has 0 amide bonds. The number of nitrogens with zero attached hydrogens (tertiary/aromatic N) is 1. The van der Waals surface area contributed by atoms with Crippen LogP contribution in [0.25, 0.3) is 0 Å². The number of aliphatic carboxylic acids is 1. The summed E-state index contributed by atoms with van der Waals surface area (Å²) in [6, 6.07) is 10.2. The summed E-state index contributed by atoms with van der Waals surface area (Å²) in [4.78, 5) is 13.8. The summed E-state index contributed by atoms with van der Waals surface area (Å²) >= 11 is 16.3. The molecule has 0 bridgehead atoms. The number of halogens is 3. The fourth-order valence-corrected chi connectivity index (χ4v) is 4.33. The van der Waals surface area contributed by atoms with Gasteiger partial charge in [-0.15, -0.1) is 0 Å². The van der Waals surface area contributed by atoms with Crippen molar-refractivity contribution in [2.75, 3.05) is 13.7 Å². The fourth-order valence-electron chi connectivity index (χ4n) is 3.54. The molecule has 0 spiro atoms. The van der Waals surface area contributed by atoms with Crippen LogP contribution in [0.3, 0.4) is 0 Å². The van der Waals surface area contributed by atoms with Crippen molar-refractivity contribution >= 4 is 45.1 Å². The van der Waals surface area contributed by atoms with Crippen LogP contribution in [-0.4, -0.2) is 35.7 Å². The molecule has 2 unspecified atom stereocenters. The summed E-state index contributed by atoms with van der Waals surface area (Å²) in [6.45, 7) is 0.653. The molecule has 0 aromatic heterocycles. The second-order valence-corrected chi connectivity index (χ2v) is 7.87. The van der Waals surface area contributed by atoms with Gasteiger partial charge in [-0.3, -0.25) is 9.69 Å². The normalized spacial score (nSPS) is 18.7. The zero-order valence-corrected chi connectivity index (χ0v) is 17.2. The van der Waals surface area contributed by atoms with E-state index in [-0.39, 0.29) is 6.04 Å². The minimum Gasteiger partial charge on any atom is -0.496 e. The fraction of sp³-hybridized carbons (Fsp3) is 0.316. The first-order valence-corrected chi connectivity index (χ1v) is 9.74. The minimum atomic E-state index is -0.834. The summed E-state index contributed by atoms with van der Waals surface area (Å²) in [5.41, 5.74) is 1.61. The quantitative estimate of drug-likeness (QED) is 0.651. The first-order valence-electron chi connectivity index (χ1n) is 8.20. The van der Waals surface area contributed by atoms with Gasteiger partial charge in [-0.05, 0) is 42.7 Å². The monoisotopic (exact) mass is 457 g/mol. The SMILES string of the molecule is COc1ccc(Br)cc1C(c1cccc(Cl)c1Cl)N1CCCC1C(=O)O. The van der Waals surface area contributed by atoms with Gasteiger partial charge in [0.25, 0.3) is 0 Å². The van der Waals surface area contributed by atoms with E-state index in [2.05, 4.69) is 15.9 Å². The van der Waals surface area contributed by atoms with Gasteiger partial charge in [-0.25, -0.2) is 0 Å². The predicted molar refractivity (Wildman–Crippen MR) is 106 cm³/mol. The maximum Gasteiger partial charge on any atom is 0.320 e. The molecule has 2 aromatic carbocycles. The Labute approximate surface area is 170 Å². The molecule has 26 heavy (non-hydrogen) atoms. The number of carbonyl (C=O) groups is 1. The molecule has 2 atom stereocenters. The van der Waals surface area contributed by atoms with E-state index in [0.29, 0.717) is 28.8 Å². The average molecular weight is 459 g/mol. The van der Waals surface area contributed by atoms with E-state index in [0.717, 1.165) is 22.0 Å². The van der Waals surface area contributed by atoms with Gasteiger partial charge in [0.2, 0.25) is 0 Å². The van der Waals surface area contributed by atoms with Crippen LogP contribution < -0.4 is 4.74 Å². The molecule has 4 nitrogen and oxygen atoms in total. The second-order valence-electron chi connectivity index (χ2n) is 6.17. The molecule has 1 saturated heterocycles. The van der Waals surface area contributed by atoms with Gasteiger partial charge in [0.05, 0.1) is 23.2 Å². The summed E-state index contributed by atoms with van der Waals surface area (Å²) in [6.07, 6.45) is 1.41. The number of carboxylic acids is 1. The van der Waals surface area contributed by atoms with Crippen molar-refractivity contribution in [3.63, 3.8) is 0 Å². The van der Waals surface area contributed by atoms with Crippen LogP contribution in [0.15, 0.2) is 40.9 Å². The lowest BCUT2D eigenvalue weighted by atomic mass is 9.95. The molecule has 1 aliphatic rings. The lowest BCUT2D eigenvalue weighted by molar-refractivity contribution is -0.142. The molecular weight excluding hydrogens is 441 g/mol. The van der Waals surface area contributed by atoms with Gasteiger partial charge >= 0.3 is 5.97 Å². The lowest BCUT2D eigenvalue weighted by Crippen LogP contribution is -2.39. The Morgan fingerprint density at radius 2 is 2.08 bits per heavy atom. The van der Waals surface area contributed by atoms with E-state index < -0.39 is 12.0 Å². The largest absolute Gasteiger partial charge is 0.496 e. The Morgan fingerprint density at radius 3 is 2.77 bits per heavy atom. The molecule has 0 saturated carbocycles. The zero-order valence-electron chi connectivity index (χ0n) is 14.1. The minimum absolute atomic E-state index is 0.378. The van der Waals surface area contributed by atoms with Gasteiger partial charge < -0.3 is 9.84 Å². The third kappa shape index (κ3) is 3.72. The average Bonchev–Trinajstić information content (AvgIpc) is 3.09. The topological polar surface area (TPSA) is 49.8 Å². The molecule has 7 heteroatoms. The number of hydrogen-bond acceptors (Lipinski definition) is 3. The highest BCUT2D eigenvalue weighted by molar-refractivity contribution is 9.10. The van der Waals surface area contributed by atoms with Crippen LogP contribution in [0, 0.1) is 0 Å². The number of likely N-dealkylation sites (tertiary alicyclic amines) is 1. The van der Waals surface area contributed by atoms with Crippen LogP contribution in [0.5, 0.6) is 5.75 Å². The van der Waals surface area contributed by atoms with E-state index >= 15 is 0 Å². The highest BCUT2D eigenvalue weighted by atomic mass is 79.9. The Morgan fingerprint density at radius 1 is 1.31 bits per heavy atom. The molecule has 0 aliphatic carbocycles. The van der Waals surface area contributed by atoms with Gasteiger partial charge in [0, 0.05) is 16.6 Å². The molecule has 0 radical (unpaired) electrons. The van der Waals surface area contributed by atoms with Gasteiger partial charge in [-0.2, -0.15) is 0 Å². The summed E-state index contributed by atoms with van der Waals surface area (Å²) in [5.74, 6) is -0.162. The highest BCUT2D eigenvalue weighted by Crippen LogP contribution is 2.43. The van der Waals surface area contributed by atoms with Gasteiger partial charge in [0.15, 0.2) is 0 Å². The molecule has 1 heterocycles. The first kappa shape index (κ1) is 19.5. The Hall–Kier alpha value is -1.27. The van der Waals surface area contributed by atoms with Crippen molar-refractivity contribution in [3.8, 4) is 5.75 Å². The van der Waals surface area contributed by atoms with Crippen molar-refractivity contribution in [3.05, 3.63) is 62.0 Å². The highest BCUT2D eigenvalue weighted by Gasteiger charge is 2.38. The molecular formula is C19H18BrCl2NO3. The van der Waals surface area contributed by atoms with Crippen LogP contribution in [0.1, 0.15) is 30.0 Å². The molecule has 1 N–H and O–H groups in total. The van der Waals surface area contributed by atoms with Crippen molar-refractivity contribution < 1.29 is 14.6 Å². The third-order valence-corrected chi connectivity index (χ3v) is 6.00. The van der Waals surface area contributed by atoms with Gasteiger partial charge in [-0.1, -0.05) is 51.3 Å². The Bertz CT molecular complexity index is 830. The number of methoxy groups -OCH3 is 1. The van der Waals surface area contributed by atoms with Crippen molar-refractivity contribution in [1.29, 1.82) is 0 Å².